The van der Waals surface area contributed by atoms with Crippen molar-refractivity contribution in [3.8, 4) is 0 Å². The normalized spacial score (nSPS) is 22.0. The van der Waals surface area contributed by atoms with Crippen molar-refractivity contribution in [1.82, 2.24) is 0 Å². The molecule has 0 spiro atoms. The zero-order valence-corrected chi connectivity index (χ0v) is 30.1. The van der Waals surface area contributed by atoms with Crippen molar-refractivity contribution >= 4 is 8.25 Å². The van der Waals surface area contributed by atoms with E-state index in [-0.39, 0.29) is 24.4 Å². The van der Waals surface area contributed by atoms with Gasteiger partial charge in [0.2, 0.25) is 0 Å². The van der Waals surface area contributed by atoms with Gasteiger partial charge in [0, 0.05) is 0 Å². The second-order valence-corrected chi connectivity index (χ2v) is 17.5. The van der Waals surface area contributed by atoms with Crippen LogP contribution in [0.1, 0.15) is 22.3 Å². The summed E-state index contributed by atoms with van der Waals surface area (Å²) in [4.78, 5) is 0. The maximum absolute atomic E-state index is 6.77. The number of benzene rings is 4. The third-order valence-corrected chi connectivity index (χ3v) is 12.3. The van der Waals surface area contributed by atoms with Gasteiger partial charge in [0.15, 0.2) is 0 Å². The molecule has 1 fully saturated rings. The van der Waals surface area contributed by atoms with Crippen molar-refractivity contribution in [3.63, 3.8) is 0 Å². The Morgan fingerprint density at radius 1 is 0.500 bits per heavy atom. The van der Waals surface area contributed by atoms with E-state index in [0.29, 0.717) is 33.0 Å². The Labute approximate surface area is 264 Å². The van der Waals surface area contributed by atoms with E-state index >= 15 is 0 Å². The second kappa shape index (κ2) is 17.3. The summed E-state index contributed by atoms with van der Waals surface area (Å²) in [5.74, 6) is 0. The van der Waals surface area contributed by atoms with Gasteiger partial charge in [0.05, 0.1) is 0 Å². The summed E-state index contributed by atoms with van der Waals surface area (Å²) >= 11 is -1.63. The molecule has 0 radical (unpaired) electrons. The minimum absolute atomic E-state index is 0.185. The molecular weight excluding hydrogens is 736 g/mol. The van der Waals surface area contributed by atoms with Crippen LogP contribution in [0.15, 0.2) is 121 Å². The Hall–Kier alpha value is -2.09. The molecule has 1 aliphatic rings. The SMILES string of the molecule is [Cl][Hg][CH2][C@H]1OC(COCc2ccccc2)[C@@H](OCc2ccccc2)C(OCc2ccccc2)C1OCc1ccccc1. The molecule has 7 heteroatoms. The van der Waals surface area contributed by atoms with Crippen molar-refractivity contribution in [3.05, 3.63) is 144 Å². The fraction of sp³-hybridized carbons (Fsp3) is 0.314. The molecule has 42 heavy (non-hydrogen) atoms. The molecule has 1 aliphatic heterocycles. The molecule has 3 unspecified atom stereocenters. The fourth-order valence-electron chi connectivity index (χ4n) is 5.22. The van der Waals surface area contributed by atoms with Crippen LogP contribution >= 0.6 is 8.25 Å². The molecule has 5 rings (SSSR count). The average molecular weight is 774 g/mol. The Morgan fingerprint density at radius 2 is 0.881 bits per heavy atom. The van der Waals surface area contributed by atoms with Crippen LogP contribution in [0.4, 0.5) is 0 Å². The van der Waals surface area contributed by atoms with Crippen LogP contribution in [0.5, 0.6) is 0 Å². The van der Waals surface area contributed by atoms with Crippen molar-refractivity contribution < 1.29 is 47.0 Å². The Morgan fingerprint density at radius 3 is 1.31 bits per heavy atom. The number of hydrogen-bond acceptors (Lipinski definition) is 5. The van der Waals surface area contributed by atoms with Crippen molar-refractivity contribution in [1.29, 1.82) is 0 Å². The molecule has 0 amide bonds. The first-order valence-electron chi connectivity index (χ1n) is 14.6. The van der Waals surface area contributed by atoms with E-state index in [2.05, 4.69) is 48.5 Å². The fourth-order valence-corrected chi connectivity index (χ4v) is 9.75. The van der Waals surface area contributed by atoms with Crippen molar-refractivity contribution in [2.24, 2.45) is 0 Å². The predicted molar refractivity (Wildman–Crippen MR) is 160 cm³/mol. The quantitative estimate of drug-likeness (QED) is 0.118. The average Bonchev–Trinajstić information content (AvgIpc) is 3.05. The van der Waals surface area contributed by atoms with Gasteiger partial charge in [0.1, 0.15) is 0 Å². The van der Waals surface area contributed by atoms with Crippen LogP contribution in [0.2, 0.25) is 3.93 Å². The van der Waals surface area contributed by atoms with Crippen LogP contribution in [-0.4, -0.2) is 37.1 Å². The molecule has 1 heterocycles. The molecule has 0 aromatic heterocycles. The molecule has 5 atom stereocenters. The van der Waals surface area contributed by atoms with Gasteiger partial charge in [-0.2, -0.15) is 0 Å². The summed E-state index contributed by atoms with van der Waals surface area (Å²) in [5.41, 5.74) is 4.40. The number of rotatable bonds is 15. The van der Waals surface area contributed by atoms with Gasteiger partial charge in [0.25, 0.3) is 0 Å². The van der Waals surface area contributed by atoms with Gasteiger partial charge < -0.3 is 0 Å². The maximum atomic E-state index is 6.77. The van der Waals surface area contributed by atoms with Crippen LogP contribution in [0.25, 0.3) is 0 Å². The number of halogens is 1. The standard InChI is InChI=1S/C35H37O5.ClH.Hg/c1-27-33(37-23-29-16-8-3-9-17-29)35(39-25-31-20-12-5-13-21-31)34(38-24-30-18-10-4-11-19-30)32(40-27)26-36-22-28-14-6-2-7-15-28;;/h2-21,27,32-35H,1,22-26H2;1H;/q;;+1/p-1/t27-,32?,33?,34-,35?;;/m1../s1. The molecule has 0 N–H and O–H groups in total. The van der Waals surface area contributed by atoms with Crippen LogP contribution in [-0.2, 0) is 73.5 Å². The monoisotopic (exact) mass is 774 g/mol. The van der Waals surface area contributed by atoms with Crippen LogP contribution < -0.4 is 0 Å². The van der Waals surface area contributed by atoms with E-state index < -0.39 is 29.4 Å². The van der Waals surface area contributed by atoms with Crippen molar-refractivity contribution in [2.75, 3.05) is 6.61 Å². The van der Waals surface area contributed by atoms with E-state index in [9.17, 15) is 0 Å². The molecule has 4 aromatic rings. The summed E-state index contributed by atoms with van der Waals surface area (Å²) in [6.07, 6.45) is -1.64. The molecule has 0 saturated carbocycles. The van der Waals surface area contributed by atoms with Crippen LogP contribution in [0.3, 0.4) is 0 Å². The molecule has 4 aromatic carbocycles. The number of ether oxygens (including phenoxy) is 5. The molecule has 0 aliphatic carbocycles. The Bertz CT molecular complexity index is 1280. The van der Waals surface area contributed by atoms with Crippen molar-refractivity contribution in [2.45, 2.75) is 60.9 Å². The van der Waals surface area contributed by atoms with Gasteiger partial charge in [-0.1, -0.05) is 0 Å². The topological polar surface area (TPSA) is 46.2 Å². The molecule has 5 nitrogen and oxygen atoms in total. The first-order valence-corrected chi connectivity index (χ1v) is 25.3. The van der Waals surface area contributed by atoms with E-state index in [4.69, 9.17) is 31.9 Å². The van der Waals surface area contributed by atoms with Gasteiger partial charge in [-0.25, -0.2) is 0 Å². The first kappa shape index (κ1) is 31.3. The van der Waals surface area contributed by atoms with Crippen LogP contribution in [0, 0.1) is 0 Å². The van der Waals surface area contributed by atoms with E-state index in [1.165, 1.54) is 0 Å². The summed E-state index contributed by atoms with van der Waals surface area (Å²) < 4.78 is 33.9. The zero-order valence-electron chi connectivity index (χ0n) is 23.8. The zero-order chi connectivity index (χ0) is 28.8. The first-order chi connectivity index (χ1) is 20.8. The molecule has 216 valence electrons. The summed E-state index contributed by atoms with van der Waals surface area (Å²) in [6, 6.07) is 40.8. The van der Waals surface area contributed by atoms with E-state index in [1.807, 2.05) is 72.8 Å². The third kappa shape index (κ3) is 9.45. The molecule has 1 saturated heterocycles. The van der Waals surface area contributed by atoms with Gasteiger partial charge >= 0.3 is 266 Å². The van der Waals surface area contributed by atoms with E-state index in [0.717, 1.165) is 26.2 Å². The van der Waals surface area contributed by atoms with Gasteiger partial charge in [-0.05, 0) is 0 Å². The van der Waals surface area contributed by atoms with E-state index in [1.54, 1.807) is 0 Å². The predicted octanol–water partition coefficient (Wildman–Crippen LogP) is 7.38. The Kier molecular flexibility index (Phi) is 12.9. The van der Waals surface area contributed by atoms with Gasteiger partial charge in [-0.3, -0.25) is 0 Å². The third-order valence-electron chi connectivity index (χ3n) is 7.37. The second-order valence-electron chi connectivity index (χ2n) is 10.5. The summed E-state index contributed by atoms with van der Waals surface area (Å²) in [5, 5.41) is 0. The Balaban J connectivity index is 1.40. The van der Waals surface area contributed by atoms with Gasteiger partial charge in [-0.15, -0.1) is 0 Å². The molecular formula is C35H37ClHgO5. The number of hydrogen-bond donors (Lipinski definition) is 0. The summed E-state index contributed by atoms with van der Waals surface area (Å²) in [6.45, 7) is 2.20. The molecule has 0 bridgehead atoms. The minimum atomic E-state index is -1.63. The summed E-state index contributed by atoms with van der Waals surface area (Å²) in [7, 11) is 6.53.